The molecule has 0 bridgehead atoms. The van der Waals surface area contributed by atoms with Crippen LogP contribution in [0.1, 0.15) is 1.43 Å². The van der Waals surface area contributed by atoms with Gasteiger partial charge in [-0.2, -0.15) is 17.5 Å². The summed E-state index contributed by atoms with van der Waals surface area (Å²) >= 11 is 6.05. The number of amides is 1. The summed E-state index contributed by atoms with van der Waals surface area (Å²) in [6.07, 6.45) is 0.932. The average Bonchev–Trinajstić information content (AvgIpc) is 3.19. The van der Waals surface area contributed by atoms with E-state index in [2.05, 4.69) is 19.9 Å². The van der Waals surface area contributed by atoms with Gasteiger partial charge in [0, 0.05) is 50.6 Å². The Morgan fingerprint density at radius 3 is 2.82 bits per heavy atom. The molecule has 0 spiro atoms. The number of fused-ring (bicyclic) bond motifs is 1. The van der Waals surface area contributed by atoms with E-state index in [0.29, 0.717) is 21.6 Å². The van der Waals surface area contributed by atoms with Gasteiger partial charge < -0.3 is 15.2 Å². The maximum Gasteiger partial charge on any atom is 0.405 e. The Morgan fingerprint density at radius 1 is 1.35 bits per heavy atom. The minimum Gasteiger partial charge on any atom is -0.345 e. The van der Waals surface area contributed by atoms with Gasteiger partial charge in [0.1, 0.15) is 24.1 Å². The van der Waals surface area contributed by atoms with E-state index in [4.69, 9.17) is 11.6 Å². The molecule has 184 valence electrons. The largest absolute Gasteiger partial charge is 0.405 e. The van der Waals surface area contributed by atoms with Gasteiger partial charge in [-0.15, -0.1) is 0 Å². The first kappa shape index (κ1) is 24.2. The number of hydrogen-bond acceptors (Lipinski definition) is 7. The molecule has 0 radical (unpaired) electrons. The van der Waals surface area contributed by atoms with Crippen molar-refractivity contribution in [3.8, 4) is 11.4 Å². The van der Waals surface area contributed by atoms with Gasteiger partial charge in [0.2, 0.25) is 15.9 Å². The average molecular weight is 520 g/mol. The van der Waals surface area contributed by atoms with Crippen LogP contribution in [0.3, 0.4) is 0 Å². The molecule has 2 N–H and O–H groups in total. The molecule has 3 aromatic rings. The van der Waals surface area contributed by atoms with Crippen molar-refractivity contribution >= 4 is 44.4 Å². The number of piperazine rings is 1. The summed E-state index contributed by atoms with van der Waals surface area (Å²) < 4.78 is 63.1. The van der Waals surface area contributed by atoms with Gasteiger partial charge >= 0.3 is 6.18 Å². The monoisotopic (exact) mass is 519 g/mol. The van der Waals surface area contributed by atoms with Crippen LogP contribution in [0, 0.1) is 0 Å². The lowest BCUT2D eigenvalue weighted by Crippen LogP contribution is -2.60. The van der Waals surface area contributed by atoms with Crippen LogP contribution < -0.4 is 10.2 Å². The number of carbonyl (C=O) groups is 1. The second-order valence-electron chi connectivity index (χ2n) is 7.65. The highest BCUT2D eigenvalue weighted by Gasteiger charge is 2.38. The van der Waals surface area contributed by atoms with E-state index in [0.717, 1.165) is 10.6 Å². The number of nitrogens with one attached hydrogen (secondary N) is 2. The van der Waals surface area contributed by atoms with Crippen molar-refractivity contribution < 1.29 is 27.8 Å². The van der Waals surface area contributed by atoms with Crippen molar-refractivity contribution in [1.82, 2.24) is 29.6 Å². The number of anilines is 1. The summed E-state index contributed by atoms with van der Waals surface area (Å²) in [6.45, 7) is -1.79. The van der Waals surface area contributed by atoms with Gasteiger partial charge in [-0.25, -0.2) is 23.4 Å². The third-order valence-electron chi connectivity index (χ3n) is 5.25. The number of alkyl halides is 3. The van der Waals surface area contributed by atoms with Crippen molar-refractivity contribution in [3.63, 3.8) is 0 Å². The number of halogens is 4. The minimum atomic E-state index is -4.61. The second-order valence-corrected chi connectivity index (χ2v) is 10.1. The molecule has 1 atom stereocenters. The van der Waals surface area contributed by atoms with E-state index in [1.165, 1.54) is 23.4 Å². The van der Waals surface area contributed by atoms with E-state index in [-0.39, 0.29) is 32.7 Å². The second kappa shape index (κ2) is 9.00. The maximum atomic E-state index is 12.7. The molecule has 4 heterocycles. The minimum absolute atomic E-state index is 0. The Bertz CT molecular complexity index is 1340. The van der Waals surface area contributed by atoms with Crippen LogP contribution >= 0.6 is 11.6 Å². The lowest BCUT2D eigenvalue weighted by atomic mass is 10.1. The number of sulfonamides is 1. The molecule has 34 heavy (non-hydrogen) atoms. The zero-order valence-corrected chi connectivity index (χ0v) is 19.2. The van der Waals surface area contributed by atoms with Crippen LogP contribution in [-0.2, 0) is 14.8 Å². The van der Waals surface area contributed by atoms with Gasteiger partial charge in [-0.05, 0) is 12.1 Å². The predicted octanol–water partition coefficient (Wildman–Crippen LogP) is 2.05. The van der Waals surface area contributed by atoms with E-state index in [1.807, 2.05) is 5.32 Å². The number of carbonyl (C=O) groups excluding carboxylic acids is 1. The van der Waals surface area contributed by atoms with E-state index >= 15 is 0 Å². The van der Waals surface area contributed by atoms with Crippen molar-refractivity contribution in [2.45, 2.75) is 12.2 Å². The number of H-pyrrole nitrogens is 1. The van der Waals surface area contributed by atoms with Gasteiger partial charge in [-0.3, -0.25) is 4.79 Å². The highest BCUT2D eigenvalue weighted by molar-refractivity contribution is 7.88. The molecular formula is C19H21ClF3N7O3S. The molecule has 0 saturated carbocycles. The first-order chi connectivity index (χ1) is 15.9. The van der Waals surface area contributed by atoms with Gasteiger partial charge in [0.15, 0.2) is 5.82 Å². The lowest BCUT2D eigenvalue weighted by Gasteiger charge is -2.40. The van der Waals surface area contributed by atoms with E-state index in [9.17, 15) is 26.4 Å². The topological polar surface area (TPSA) is 124 Å². The molecule has 3 aromatic heterocycles. The standard InChI is InChI=1S/C19H19ClF3N7O3S.H2/c1-34(32,33)29-4-5-30(14(9-29)18(31)27-10-19(21,22)23)15-2-3-24-17(28-15)13-8-26-16-12(13)6-11(20)7-25-16;/h2-3,6-8,14H,4-5,9-10H2,1H3,(H,25,26)(H,27,31);1H/t14-;/m0./s1. The van der Waals surface area contributed by atoms with Gasteiger partial charge in [-0.1, -0.05) is 11.6 Å². The Kier molecular flexibility index (Phi) is 6.40. The fourth-order valence-electron chi connectivity index (χ4n) is 3.66. The molecule has 15 heteroatoms. The van der Waals surface area contributed by atoms with Crippen LogP contribution in [0.5, 0.6) is 0 Å². The quantitative estimate of drug-likeness (QED) is 0.528. The molecule has 1 saturated heterocycles. The predicted molar refractivity (Wildman–Crippen MR) is 121 cm³/mol. The molecule has 1 aliphatic heterocycles. The fraction of sp³-hybridized carbons (Fsp3) is 0.368. The summed E-state index contributed by atoms with van der Waals surface area (Å²) in [5.41, 5.74) is 1.14. The van der Waals surface area contributed by atoms with Crippen molar-refractivity contribution in [2.75, 3.05) is 37.3 Å². The smallest absolute Gasteiger partial charge is 0.345 e. The summed E-state index contributed by atoms with van der Waals surface area (Å²) in [4.78, 5) is 30.1. The van der Waals surface area contributed by atoms with Gasteiger partial charge in [0.05, 0.1) is 11.3 Å². The first-order valence-corrected chi connectivity index (χ1v) is 12.2. The summed E-state index contributed by atoms with van der Waals surface area (Å²) in [7, 11) is -3.67. The lowest BCUT2D eigenvalue weighted by molar-refractivity contribution is -0.139. The molecule has 1 fully saturated rings. The Hall–Kier alpha value is -2.97. The van der Waals surface area contributed by atoms with Crippen LogP contribution in [0.4, 0.5) is 19.0 Å². The molecule has 0 aliphatic carbocycles. The van der Waals surface area contributed by atoms with Crippen LogP contribution in [0.25, 0.3) is 22.4 Å². The molecule has 0 aromatic carbocycles. The number of nitrogens with zero attached hydrogens (tertiary/aromatic N) is 5. The zero-order valence-electron chi connectivity index (χ0n) is 17.7. The normalized spacial score (nSPS) is 17.8. The number of pyridine rings is 1. The Labute approximate surface area is 198 Å². The molecule has 1 amide bonds. The van der Waals surface area contributed by atoms with E-state index < -0.39 is 34.7 Å². The first-order valence-electron chi connectivity index (χ1n) is 9.94. The van der Waals surface area contributed by atoms with Crippen molar-refractivity contribution in [1.29, 1.82) is 0 Å². The van der Waals surface area contributed by atoms with Gasteiger partial charge in [0.25, 0.3) is 0 Å². The van der Waals surface area contributed by atoms with Crippen LogP contribution in [0.15, 0.2) is 30.7 Å². The maximum absolute atomic E-state index is 12.7. The van der Waals surface area contributed by atoms with Crippen molar-refractivity contribution in [2.24, 2.45) is 0 Å². The summed E-state index contributed by atoms with van der Waals surface area (Å²) in [6, 6.07) is 1.96. The SMILES string of the molecule is CS(=O)(=O)N1CCN(c2ccnc(-c3c[nH]c4ncc(Cl)cc34)n2)[C@H](C(=O)NCC(F)(F)F)C1.[HH]. The molecule has 0 unspecified atom stereocenters. The Morgan fingerprint density at radius 2 is 2.12 bits per heavy atom. The van der Waals surface area contributed by atoms with Crippen LogP contribution in [-0.4, -0.2) is 83.2 Å². The molecule has 4 rings (SSSR count). The molecular weight excluding hydrogens is 499 g/mol. The number of hydrogen-bond donors (Lipinski definition) is 2. The fourth-order valence-corrected chi connectivity index (χ4v) is 4.65. The molecule has 10 nitrogen and oxygen atoms in total. The highest BCUT2D eigenvalue weighted by Crippen LogP contribution is 2.29. The summed E-state index contributed by atoms with van der Waals surface area (Å²) in [5.74, 6) is -0.434. The Balaban J connectivity index is 0.00000342. The molecule has 1 aliphatic rings. The summed E-state index contributed by atoms with van der Waals surface area (Å²) in [5, 5.41) is 2.90. The number of aromatic amines is 1. The zero-order chi connectivity index (χ0) is 24.7. The number of rotatable bonds is 5. The van der Waals surface area contributed by atoms with E-state index in [1.54, 1.807) is 12.3 Å². The van der Waals surface area contributed by atoms with Crippen molar-refractivity contribution in [3.05, 3.63) is 35.7 Å². The third-order valence-corrected chi connectivity index (χ3v) is 6.73. The highest BCUT2D eigenvalue weighted by atomic mass is 35.5. The van der Waals surface area contributed by atoms with Crippen LogP contribution in [0.2, 0.25) is 5.02 Å². The third kappa shape index (κ3) is 5.23. The number of aromatic nitrogens is 4.